The molecule has 3 aromatic rings. The molecule has 0 aliphatic rings. The lowest BCUT2D eigenvalue weighted by Crippen LogP contribution is -1.99. The summed E-state index contributed by atoms with van der Waals surface area (Å²) in [6.07, 6.45) is 3.22. The molecule has 0 atom stereocenters. The van der Waals surface area contributed by atoms with Crippen molar-refractivity contribution in [3.63, 3.8) is 0 Å². The minimum absolute atomic E-state index is 0.151. The van der Waals surface area contributed by atoms with Gasteiger partial charge < -0.3 is 0 Å². The summed E-state index contributed by atoms with van der Waals surface area (Å²) in [6, 6.07) is 6.05. The van der Waals surface area contributed by atoms with E-state index in [9.17, 15) is 10.1 Å². The first-order chi connectivity index (χ1) is 9.58. The van der Waals surface area contributed by atoms with Crippen LogP contribution in [0.4, 0.5) is 5.69 Å². The van der Waals surface area contributed by atoms with Gasteiger partial charge in [-0.3, -0.25) is 15.1 Å². The number of nitro groups is 1. The molecule has 0 aliphatic heterocycles. The molecule has 8 heteroatoms. The molecule has 6 nitrogen and oxygen atoms in total. The number of pyridine rings is 1. The number of nitro benzene ring substituents is 1. The summed E-state index contributed by atoms with van der Waals surface area (Å²) in [5.74, 6) is 0. The van der Waals surface area contributed by atoms with Crippen molar-refractivity contribution >= 4 is 39.9 Å². The number of nitrogens with zero attached hydrogens (tertiary/aromatic N) is 4. The van der Waals surface area contributed by atoms with Gasteiger partial charge in [-0.25, -0.2) is 4.68 Å². The Labute approximate surface area is 122 Å². The average molecular weight is 309 g/mol. The van der Waals surface area contributed by atoms with Crippen molar-refractivity contribution in [2.24, 2.45) is 0 Å². The Morgan fingerprint density at radius 3 is 2.60 bits per heavy atom. The van der Waals surface area contributed by atoms with Crippen LogP contribution in [0.15, 0.2) is 36.7 Å². The van der Waals surface area contributed by atoms with Crippen LogP contribution in [0.25, 0.3) is 16.7 Å². The molecule has 0 amide bonds. The highest BCUT2D eigenvalue weighted by atomic mass is 35.5. The van der Waals surface area contributed by atoms with Crippen molar-refractivity contribution in [1.29, 1.82) is 0 Å². The van der Waals surface area contributed by atoms with Crippen molar-refractivity contribution in [2.75, 3.05) is 0 Å². The van der Waals surface area contributed by atoms with Crippen molar-refractivity contribution < 1.29 is 4.92 Å². The Bertz CT molecular complexity index is 808. The molecular formula is C12H6Cl2N4O2. The predicted octanol–water partition coefficient (Wildman–Crippen LogP) is 3.64. The quantitative estimate of drug-likeness (QED) is 0.535. The molecule has 0 radical (unpaired) electrons. The topological polar surface area (TPSA) is 73.8 Å². The van der Waals surface area contributed by atoms with E-state index in [1.807, 2.05) is 6.07 Å². The van der Waals surface area contributed by atoms with Crippen LogP contribution in [0.1, 0.15) is 0 Å². The highest BCUT2D eigenvalue weighted by Gasteiger charge is 2.18. The molecule has 100 valence electrons. The number of rotatable bonds is 2. The second-order valence-corrected chi connectivity index (χ2v) is 4.79. The molecule has 0 bridgehead atoms. The second kappa shape index (κ2) is 4.73. The van der Waals surface area contributed by atoms with Crippen molar-refractivity contribution in [2.45, 2.75) is 0 Å². The highest BCUT2D eigenvalue weighted by molar-refractivity contribution is 6.38. The lowest BCUT2D eigenvalue weighted by molar-refractivity contribution is -0.384. The van der Waals surface area contributed by atoms with Crippen LogP contribution < -0.4 is 0 Å². The summed E-state index contributed by atoms with van der Waals surface area (Å²) in [5.41, 5.74) is 1.61. The maximum Gasteiger partial charge on any atom is 0.272 e. The van der Waals surface area contributed by atoms with E-state index in [1.54, 1.807) is 18.5 Å². The van der Waals surface area contributed by atoms with Gasteiger partial charge >= 0.3 is 0 Å². The van der Waals surface area contributed by atoms with Gasteiger partial charge in [0.25, 0.3) is 5.69 Å². The molecule has 0 N–H and O–H groups in total. The fourth-order valence-corrected chi connectivity index (χ4v) is 2.54. The number of hydrogen-bond donors (Lipinski definition) is 0. The molecule has 0 saturated carbocycles. The van der Waals surface area contributed by atoms with E-state index in [2.05, 4.69) is 10.1 Å². The number of benzene rings is 1. The smallest absolute Gasteiger partial charge is 0.258 e. The summed E-state index contributed by atoms with van der Waals surface area (Å²) >= 11 is 12.2. The van der Waals surface area contributed by atoms with Gasteiger partial charge in [0.1, 0.15) is 11.2 Å². The van der Waals surface area contributed by atoms with Gasteiger partial charge in [0.05, 0.1) is 26.7 Å². The maximum atomic E-state index is 10.8. The number of fused-ring (bicyclic) bond motifs is 1. The van der Waals surface area contributed by atoms with Crippen molar-refractivity contribution in [3.8, 4) is 5.69 Å². The lowest BCUT2D eigenvalue weighted by Gasteiger charge is -2.08. The number of halogens is 2. The SMILES string of the molecule is O=[N+]([O-])c1cc(Cl)c(-n2ncc3ncccc32)c(Cl)c1. The zero-order valence-corrected chi connectivity index (χ0v) is 11.3. The Morgan fingerprint density at radius 2 is 1.95 bits per heavy atom. The minimum atomic E-state index is -0.551. The van der Waals surface area contributed by atoms with Crippen LogP contribution in [0.3, 0.4) is 0 Å². The average Bonchev–Trinajstić information content (AvgIpc) is 2.82. The zero-order chi connectivity index (χ0) is 14.3. The first kappa shape index (κ1) is 12.8. The van der Waals surface area contributed by atoms with E-state index in [1.165, 1.54) is 16.8 Å². The van der Waals surface area contributed by atoms with E-state index < -0.39 is 4.92 Å². The summed E-state index contributed by atoms with van der Waals surface area (Å²) < 4.78 is 1.51. The first-order valence-corrected chi connectivity index (χ1v) is 6.26. The summed E-state index contributed by atoms with van der Waals surface area (Å²) in [6.45, 7) is 0. The van der Waals surface area contributed by atoms with Crippen molar-refractivity contribution in [3.05, 3.63) is 56.8 Å². The van der Waals surface area contributed by atoms with E-state index in [0.717, 1.165) is 0 Å². The Morgan fingerprint density at radius 1 is 1.25 bits per heavy atom. The molecule has 0 saturated heterocycles. The lowest BCUT2D eigenvalue weighted by atomic mass is 10.2. The second-order valence-electron chi connectivity index (χ2n) is 3.98. The third-order valence-electron chi connectivity index (χ3n) is 2.76. The van der Waals surface area contributed by atoms with E-state index in [4.69, 9.17) is 23.2 Å². The summed E-state index contributed by atoms with van der Waals surface area (Å²) in [4.78, 5) is 14.4. The van der Waals surface area contributed by atoms with E-state index in [0.29, 0.717) is 16.7 Å². The number of aromatic nitrogens is 3. The van der Waals surface area contributed by atoms with Gasteiger partial charge in [-0.2, -0.15) is 5.10 Å². The minimum Gasteiger partial charge on any atom is -0.258 e. The molecule has 3 rings (SSSR count). The number of hydrogen-bond acceptors (Lipinski definition) is 4. The highest BCUT2D eigenvalue weighted by Crippen LogP contribution is 2.34. The van der Waals surface area contributed by atoms with Gasteiger partial charge in [-0.05, 0) is 12.1 Å². The molecule has 0 unspecified atom stereocenters. The maximum absolute atomic E-state index is 10.8. The Kier molecular flexibility index (Phi) is 3.04. The summed E-state index contributed by atoms with van der Waals surface area (Å²) in [5, 5.41) is 15.3. The van der Waals surface area contributed by atoms with Gasteiger partial charge in [-0.15, -0.1) is 0 Å². The third kappa shape index (κ3) is 1.99. The van der Waals surface area contributed by atoms with E-state index >= 15 is 0 Å². The van der Waals surface area contributed by atoms with E-state index in [-0.39, 0.29) is 15.7 Å². The molecular weight excluding hydrogens is 303 g/mol. The number of non-ortho nitro benzene ring substituents is 1. The van der Waals surface area contributed by atoms with Crippen LogP contribution in [-0.4, -0.2) is 19.7 Å². The molecule has 20 heavy (non-hydrogen) atoms. The van der Waals surface area contributed by atoms with Crippen LogP contribution >= 0.6 is 23.2 Å². The normalized spacial score (nSPS) is 10.9. The first-order valence-electron chi connectivity index (χ1n) is 5.50. The molecule has 1 aromatic carbocycles. The third-order valence-corrected chi connectivity index (χ3v) is 3.34. The molecule has 0 fully saturated rings. The molecule has 0 aliphatic carbocycles. The molecule has 2 aromatic heterocycles. The largest absolute Gasteiger partial charge is 0.272 e. The zero-order valence-electron chi connectivity index (χ0n) is 9.83. The van der Waals surface area contributed by atoms with Crippen LogP contribution in [0.2, 0.25) is 10.0 Å². The van der Waals surface area contributed by atoms with Gasteiger partial charge in [0.15, 0.2) is 0 Å². The van der Waals surface area contributed by atoms with Crippen LogP contribution in [0, 0.1) is 10.1 Å². The monoisotopic (exact) mass is 308 g/mol. The standard InChI is InChI=1S/C12H6Cl2N4O2/c13-8-4-7(18(19)20)5-9(14)12(8)17-11-2-1-3-15-10(11)6-16-17/h1-6H. The Hall–Kier alpha value is -2.18. The van der Waals surface area contributed by atoms with Crippen LogP contribution in [-0.2, 0) is 0 Å². The molecule has 2 heterocycles. The fourth-order valence-electron chi connectivity index (χ4n) is 1.90. The fraction of sp³-hybridized carbons (Fsp3) is 0. The summed E-state index contributed by atoms with van der Waals surface area (Å²) in [7, 11) is 0. The molecule has 0 spiro atoms. The van der Waals surface area contributed by atoms with Crippen LogP contribution in [0.5, 0.6) is 0 Å². The van der Waals surface area contributed by atoms with Crippen molar-refractivity contribution in [1.82, 2.24) is 14.8 Å². The van der Waals surface area contributed by atoms with Gasteiger partial charge in [-0.1, -0.05) is 23.2 Å². The van der Waals surface area contributed by atoms with Gasteiger partial charge in [0, 0.05) is 18.3 Å². The Balaban J connectivity index is 2.27. The predicted molar refractivity (Wildman–Crippen MR) is 75.5 cm³/mol. The van der Waals surface area contributed by atoms with Gasteiger partial charge in [0.2, 0.25) is 0 Å².